The minimum absolute atomic E-state index is 0.310. The third-order valence-electron chi connectivity index (χ3n) is 3.22. The molecule has 2 amide bonds. The van der Waals surface area contributed by atoms with Crippen LogP contribution in [0.5, 0.6) is 0 Å². The molecule has 1 aliphatic rings. The first kappa shape index (κ1) is 14.0. The molecular weight excluding hydrogens is 260 g/mol. The number of piperazine rings is 1. The van der Waals surface area contributed by atoms with E-state index in [2.05, 4.69) is 5.32 Å². The van der Waals surface area contributed by atoms with Crippen LogP contribution < -0.4 is 5.32 Å². The third kappa shape index (κ3) is 2.96. The van der Waals surface area contributed by atoms with Crippen LogP contribution in [0.1, 0.15) is 22.3 Å². The molecule has 1 atom stereocenters. The monoisotopic (exact) mass is 276 g/mol. The molecular formula is C14H16N2O4. The molecule has 1 saturated heterocycles. The zero-order valence-electron chi connectivity index (χ0n) is 11.1. The second-order valence-corrected chi connectivity index (χ2v) is 4.77. The lowest BCUT2D eigenvalue weighted by Crippen LogP contribution is -2.57. The van der Waals surface area contributed by atoms with Gasteiger partial charge in [-0.1, -0.05) is 17.7 Å². The van der Waals surface area contributed by atoms with Gasteiger partial charge >= 0.3 is 5.97 Å². The number of hydrogen-bond donors (Lipinski definition) is 2. The van der Waals surface area contributed by atoms with Gasteiger partial charge in [0.2, 0.25) is 5.91 Å². The van der Waals surface area contributed by atoms with Crippen molar-refractivity contribution in [1.82, 2.24) is 10.2 Å². The van der Waals surface area contributed by atoms with Crippen LogP contribution in [0.2, 0.25) is 0 Å². The molecule has 2 N–H and O–H groups in total. The van der Waals surface area contributed by atoms with Gasteiger partial charge in [0.1, 0.15) is 6.04 Å². The van der Waals surface area contributed by atoms with Crippen molar-refractivity contribution in [2.24, 2.45) is 0 Å². The minimum Gasteiger partial charge on any atom is -0.481 e. The molecule has 1 heterocycles. The van der Waals surface area contributed by atoms with E-state index < -0.39 is 17.9 Å². The maximum absolute atomic E-state index is 12.4. The van der Waals surface area contributed by atoms with Crippen LogP contribution in [-0.2, 0) is 9.59 Å². The summed E-state index contributed by atoms with van der Waals surface area (Å²) in [6.45, 7) is 2.53. The number of aliphatic carboxylic acids is 1. The lowest BCUT2D eigenvalue weighted by molar-refractivity contribution is -0.142. The number of carboxylic acids is 1. The highest BCUT2D eigenvalue weighted by atomic mass is 16.4. The van der Waals surface area contributed by atoms with Gasteiger partial charge in [-0.15, -0.1) is 0 Å². The highest BCUT2D eigenvalue weighted by Crippen LogP contribution is 2.15. The lowest BCUT2D eigenvalue weighted by atomic mass is 10.1. The molecule has 106 valence electrons. The number of carboxylic acid groups (broad SMARTS) is 1. The topological polar surface area (TPSA) is 86.7 Å². The van der Waals surface area contributed by atoms with E-state index in [-0.39, 0.29) is 12.3 Å². The van der Waals surface area contributed by atoms with Crippen molar-refractivity contribution in [2.75, 3.05) is 13.1 Å². The summed E-state index contributed by atoms with van der Waals surface area (Å²) < 4.78 is 0. The number of amides is 2. The van der Waals surface area contributed by atoms with E-state index >= 15 is 0 Å². The van der Waals surface area contributed by atoms with Gasteiger partial charge in [0, 0.05) is 18.7 Å². The molecule has 2 rings (SSSR count). The fourth-order valence-corrected chi connectivity index (χ4v) is 2.27. The third-order valence-corrected chi connectivity index (χ3v) is 3.22. The summed E-state index contributed by atoms with van der Waals surface area (Å²) in [6.07, 6.45) is -0.386. The predicted molar refractivity (Wildman–Crippen MR) is 71.3 cm³/mol. The molecule has 0 aliphatic carbocycles. The number of carbonyl (C=O) groups is 3. The summed E-state index contributed by atoms with van der Waals surface area (Å²) in [4.78, 5) is 36.4. The average molecular weight is 276 g/mol. The Labute approximate surface area is 116 Å². The largest absolute Gasteiger partial charge is 0.481 e. The number of nitrogens with one attached hydrogen (secondary N) is 1. The number of rotatable bonds is 3. The van der Waals surface area contributed by atoms with E-state index in [9.17, 15) is 14.4 Å². The van der Waals surface area contributed by atoms with Crippen LogP contribution in [-0.4, -0.2) is 46.9 Å². The van der Waals surface area contributed by atoms with E-state index in [1.165, 1.54) is 4.90 Å². The lowest BCUT2D eigenvalue weighted by Gasteiger charge is -2.34. The van der Waals surface area contributed by atoms with Gasteiger partial charge in [-0.2, -0.15) is 0 Å². The van der Waals surface area contributed by atoms with E-state index in [1.54, 1.807) is 18.2 Å². The van der Waals surface area contributed by atoms with Crippen LogP contribution in [0.25, 0.3) is 0 Å². The molecule has 1 unspecified atom stereocenters. The minimum atomic E-state index is -1.10. The number of aryl methyl sites for hydroxylation is 1. The van der Waals surface area contributed by atoms with E-state index in [4.69, 9.17) is 5.11 Å². The van der Waals surface area contributed by atoms with E-state index in [1.807, 2.05) is 13.0 Å². The Kier molecular flexibility index (Phi) is 4.02. The number of benzene rings is 1. The molecule has 6 heteroatoms. The molecule has 0 aromatic heterocycles. The summed E-state index contributed by atoms with van der Waals surface area (Å²) in [5, 5.41) is 11.5. The van der Waals surface area contributed by atoms with Crippen LogP contribution in [0.3, 0.4) is 0 Å². The Morgan fingerprint density at radius 3 is 2.85 bits per heavy atom. The van der Waals surface area contributed by atoms with Crippen LogP contribution in [0, 0.1) is 6.92 Å². The Hall–Kier alpha value is -2.37. The summed E-state index contributed by atoms with van der Waals surface area (Å²) >= 11 is 0. The summed E-state index contributed by atoms with van der Waals surface area (Å²) in [7, 11) is 0. The van der Waals surface area contributed by atoms with Crippen molar-refractivity contribution in [3.8, 4) is 0 Å². The van der Waals surface area contributed by atoms with Gasteiger partial charge in [0.15, 0.2) is 0 Å². The van der Waals surface area contributed by atoms with Crippen molar-refractivity contribution < 1.29 is 19.5 Å². The van der Waals surface area contributed by atoms with Gasteiger partial charge in [0.05, 0.1) is 6.42 Å². The Bertz CT molecular complexity index is 556. The van der Waals surface area contributed by atoms with Gasteiger partial charge in [-0.25, -0.2) is 0 Å². The summed E-state index contributed by atoms with van der Waals surface area (Å²) in [6, 6.07) is 6.08. The first-order valence-corrected chi connectivity index (χ1v) is 6.36. The maximum atomic E-state index is 12.4. The van der Waals surface area contributed by atoms with Crippen LogP contribution in [0.15, 0.2) is 24.3 Å². The van der Waals surface area contributed by atoms with Gasteiger partial charge < -0.3 is 15.3 Å². The Balaban J connectivity index is 2.25. The molecule has 20 heavy (non-hydrogen) atoms. The zero-order chi connectivity index (χ0) is 14.7. The number of nitrogens with zero attached hydrogens (tertiary/aromatic N) is 1. The first-order chi connectivity index (χ1) is 9.49. The molecule has 1 fully saturated rings. The summed E-state index contributed by atoms with van der Waals surface area (Å²) in [5.41, 5.74) is 1.40. The summed E-state index contributed by atoms with van der Waals surface area (Å²) in [5.74, 6) is -1.83. The SMILES string of the molecule is Cc1cccc(C(=O)N2CCNC(=O)C2CC(=O)O)c1. The molecule has 0 bridgehead atoms. The highest BCUT2D eigenvalue weighted by molar-refractivity contribution is 5.99. The molecule has 0 spiro atoms. The predicted octanol–water partition coefficient (Wildman–Crippen LogP) is 0.410. The number of carbonyl (C=O) groups excluding carboxylic acids is 2. The number of hydrogen-bond acceptors (Lipinski definition) is 3. The van der Waals surface area contributed by atoms with Crippen molar-refractivity contribution >= 4 is 17.8 Å². The normalized spacial score (nSPS) is 18.6. The molecule has 6 nitrogen and oxygen atoms in total. The molecule has 0 radical (unpaired) electrons. The Morgan fingerprint density at radius 2 is 2.20 bits per heavy atom. The van der Waals surface area contributed by atoms with Crippen LogP contribution in [0.4, 0.5) is 0 Å². The highest BCUT2D eigenvalue weighted by Gasteiger charge is 2.35. The standard InChI is InChI=1S/C14H16N2O4/c1-9-3-2-4-10(7-9)14(20)16-6-5-15-13(19)11(16)8-12(17)18/h2-4,7,11H,5-6,8H2,1H3,(H,15,19)(H,17,18). The Morgan fingerprint density at radius 1 is 1.45 bits per heavy atom. The average Bonchev–Trinajstić information content (AvgIpc) is 2.40. The van der Waals surface area contributed by atoms with Gasteiger partial charge in [-0.3, -0.25) is 14.4 Å². The molecule has 1 aromatic carbocycles. The quantitative estimate of drug-likeness (QED) is 0.837. The molecule has 1 aromatic rings. The van der Waals surface area contributed by atoms with E-state index in [0.29, 0.717) is 18.7 Å². The van der Waals surface area contributed by atoms with Gasteiger partial charge in [-0.05, 0) is 19.1 Å². The van der Waals surface area contributed by atoms with Crippen molar-refractivity contribution in [3.05, 3.63) is 35.4 Å². The van der Waals surface area contributed by atoms with Crippen LogP contribution >= 0.6 is 0 Å². The fourth-order valence-electron chi connectivity index (χ4n) is 2.27. The first-order valence-electron chi connectivity index (χ1n) is 6.36. The smallest absolute Gasteiger partial charge is 0.305 e. The molecule has 0 saturated carbocycles. The van der Waals surface area contributed by atoms with E-state index in [0.717, 1.165) is 5.56 Å². The van der Waals surface area contributed by atoms with Gasteiger partial charge in [0.25, 0.3) is 5.91 Å². The van der Waals surface area contributed by atoms with Crippen molar-refractivity contribution in [2.45, 2.75) is 19.4 Å². The van der Waals surface area contributed by atoms with Crippen molar-refractivity contribution in [3.63, 3.8) is 0 Å². The zero-order valence-corrected chi connectivity index (χ0v) is 11.1. The van der Waals surface area contributed by atoms with Crippen molar-refractivity contribution in [1.29, 1.82) is 0 Å². The maximum Gasteiger partial charge on any atom is 0.305 e. The second kappa shape index (κ2) is 5.73. The second-order valence-electron chi connectivity index (χ2n) is 4.77. The molecule has 1 aliphatic heterocycles. The fraction of sp³-hybridized carbons (Fsp3) is 0.357.